The molecule has 0 aliphatic carbocycles. The van der Waals surface area contributed by atoms with Crippen LogP contribution in [0.3, 0.4) is 0 Å². The van der Waals surface area contributed by atoms with Crippen molar-refractivity contribution in [2.45, 2.75) is 0 Å². The van der Waals surface area contributed by atoms with Crippen molar-refractivity contribution in [2.24, 2.45) is 0 Å². The topological polar surface area (TPSA) is 12.9 Å². The molecule has 0 spiro atoms. The molecule has 0 aliphatic rings. The summed E-state index contributed by atoms with van der Waals surface area (Å²) in [5, 5.41) is 2.20. The van der Waals surface area contributed by atoms with Crippen molar-refractivity contribution >= 4 is 22.9 Å². The zero-order chi connectivity index (χ0) is 5.28. The first-order chi connectivity index (χ1) is 3.29. The minimum atomic E-state index is -0.630. The van der Waals surface area contributed by atoms with E-state index < -0.39 is 5.95 Å². The van der Waals surface area contributed by atoms with Gasteiger partial charge < -0.3 is 0 Å². The highest BCUT2D eigenvalue weighted by Crippen LogP contribution is 2.11. The first-order valence-electron chi connectivity index (χ1n) is 1.48. The molecule has 0 bridgehead atoms. The number of hydrogen-bond donors (Lipinski definition) is 0. The van der Waals surface area contributed by atoms with Crippen LogP contribution in [0.25, 0.3) is 0 Å². The lowest BCUT2D eigenvalue weighted by molar-refractivity contribution is 0.590. The average molecular weight is 137 g/mol. The Morgan fingerprint density at radius 3 is 2.71 bits per heavy atom. The van der Waals surface area contributed by atoms with Crippen molar-refractivity contribution in [3.63, 3.8) is 0 Å². The second kappa shape index (κ2) is 1.76. The van der Waals surface area contributed by atoms with E-state index in [0.717, 1.165) is 11.3 Å². The summed E-state index contributed by atoms with van der Waals surface area (Å²) in [6.45, 7) is 0. The van der Waals surface area contributed by atoms with E-state index >= 15 is 0 Å². The van der Waals surface area contributed by atoms with Gasteiger partial charge in [-0.15, -0.1) is 0 Å². The Morgan fingerprint density at radius 2 is 2.57 bits per heavy atom. The zero-order valence-corrected chi connectivity index (χ0v) is 4.68. The van der Waals surface area contributed by atoms with Gasteiger partial charge in [0, 0.05) is 0 Å². The molecule has 7 heavy (non-hydrogen) atoms. The molecule has 1 aromatic heterocycles. The fourth-order valence-electron chi connectivity index (χ4n) is 0.207. The van der Waals surface area contributed by atoms with Crippen molar-refractivity contribution in [1.29, 1.82) is 0 Å². The predicted molar refractivity (Wildman–Crippen MR) is 25.9 cm³/mol. The zero-order valence-electron chi connectivity index (χ0n) is 3.11. The second-order valence-electron chi connectivity index (χ2n) is 0.860. The van der Waals surface area contributed by atoms with Gasteiger partial charge in [0.15, 0.2) is 4.47 Å². The quantitative estimate of drug-likeness (QED) is 0.530. The monoisotopic (exact) mass is 136 g/mol. The SMILES string of the molecule is Fc1[c]sc(Cl)n1. The van der Waals surface area contributed by atoms with E-state index in [1.807, 2.05) is 0 Å². The van der Waals surface area contributed by atoms with E-state index in [9.17, 15) is 4.39 Å². The van der Waals surface area contributed by atoms with Crippen LogP contribution < -0.4 is 0 Å². The summed E-state index contributed by atoms with van der Waals surface area (Å²) in [5.74, 6) is -0.630. The number of rotatable bonds is 0. The van der Waals surface area contributed by atoms with E-state index in [0.29, 0.717) is 0 Å². The van der Waals surface area contributed by atoms with Gasteiger partial charge in [-0.1, -0.05) is 22.9 Å². The Balaban J connectivity index is 3.04. The van der Waals surface area contributed by atoms with Gasteiger partial charge in [-0.25, -0.2) is 0 Å². The van der Waals surface area contributed by atoms with Gasteiger partial charge in [0.2, 0.25) is 5.95 Å². The minimum Gasteiger partial charge on any atom is -0.196 e. The van der Waals surface area contributed by atoms with E-state index in [1.54, 1.807) is 0 Å². The molecule has 1 heterocycles. The lowest BCUT2D eigenvalue weighted by Gasteiger charge is -1.64. The average Bonchev–Trinajstić information content (AvgIpc) is 1.87. The summed E-state index contributed by atoms with van der Waals surface area (Å²) in [6.07, 6.45) is 0. The van der Waals surface area contributed by atoms with E-state index in [4.69, 9.17) is 11.6 Å². The molecule has 37 valence electrons. The number of hydrogen-bond acceptors (Lipinski definition) is 2. The van der Waals surface area contributed by atoms with Crippen LogP contribution in [-0.4, -0.2) is 4.98 Å². The second-order valence-corrected chi connectivity index (χ2v) is 2.24. The lowest BCUT2D eigenvalue weighted by atomic mass is 11.0. The highest BCUT2D eigenvalue weighted by atomic mass is 35.5. The minimum absolute atomic E-state index is 0.192. The van der Waals surface area contributed by atoms with Crippen molar-refractivity contribution in [2.75, 3.05) is 0 Å². The van der Waals surface area contributed by atoms with Gasteiger partial charge >= 0.3 is 0 Å². The third kappa shape index (κ3) is 1.11. The standard InChI is InChI=1S/C3ClFNS/c4-3-6-2(5)1-7-3. The molecule has 1 aromatic rings. The largest absolute Gasteiger partial charge is 0.234 e. The molecular formula is C3ClFNS. The first-order valence-corrected chi connectivity index (χ1v) is 2.68. The fraction of sp³-hybridized carbons (Fsp3) is 0. The number of nitrogens with zero attached hydrogens (tertiary/aromatic N) is 1. The maximum absolute atomic E-state index is 11.7. The van der Waals surface area contributed by atoms with Crippen molar-refractivity contribution in [1.82, 2.24) is 4.98 Å². The number of aromatic nitrogens is 1. The molecule has 0 unspecified atom stereocenters. The Labute approximate surface area is 48.8 Å². The van der Waals surface area contributed by atoms with Gasteiger partial charge in [-0.05, 0) is 0 Å². The molecule has 0 amide bonds. The smallest absolute Gasteiger partial charge is 0.196 e. The van der Waals surface area contributed by atoms with Crippen LogP contribution in [0, 0.1) is 11.3 Å². The summed E-state index contributed by atoms with van der Waals surface area (Å²) >= 11 is 6.16. The van der Waals surface area contributed by atoms with Crippen LogP contribution >= 0.6 is 22.9 Å². The van der Waals surface area contributed by atoms with Crippen molar-refractivity contribution in [3.8, 4) is 0 Å². The van der Waals surface area contributed by atoms with E-state index in [1.165, 1.54) is 0 Å². The van der Waals surface area contributed by atoms with Gasteiger partial charge in [0.25, 0.3) is 0 Å². The Morgan fingerprint density at radius 1 is 1.86 bits per heavy atom. The molecule has 0 saturated heterocycles. The Bertz CT molecular complexity index is 147. The normalized spacial score (nSPS) is 9.43. The predicted octanol–water partition coefficient (Wildman–Crippen LogP) is 1.74. The van der Waals surface area contributed by atoms with E-state index in [2.05, 4.69) is 10.4 Å². The molecule has 0 fully saturated rings. The molecule has 0 atom stereocenters. The van der Waals surface area contributed by atoms with Gasteiger partial charge in [0.1, 0.15) is 5.38 Å². The maximum atomic E-state index is 11.7. The molecule has 0 aliphatic heterocycles. The van der Waals surface area contributed by atoms with Crippen LogP contribution in [0.4, 0.5) is 4.39 Å². The van der Waals surface area contributed by atoms with Crippen LogP contribution in [-0.2, 0) is 0 Å². The molecular weight excluding hydrogens is 137 g/mol. The van der Waals surface area contributed by atoms with Crippen LogP contribution in [0.1, 0.15) is 0 Å². The molecule has 4 heteroatoms. The summed E-state index contributed by atoms with van der Waals surface area (Å²) < 4.78 is 11.9. The third-order valence-electron chi connectivity index (χ3n) is 0.406. The van der Waals surface area contributed by atoms with Crippen LogP contribution in [0.15, 0.2) is 0 Å². The van der Waals surface area contributed by atoms with Crippen molar-refractivity contribution < 1.29 is 4.39 Å². The first kappa shape index (κ1) is 5.00. The van der Waals surface area contributed by atoms with Crippen molar-refractivity contribution in [3.05, 3.63) is 15.8 Å². The maximum Gasteiger partial charge on any atom is 0.234 e. The molecule has 1 radical (unpaired) electrons. The summed E-state index contributed by atoms with van der Waals surface area (Å²) in [4.78, 5) is 3.17. The fourth-order valence-corrected chi connectivity index (χ4v) is 0.737. The summed E-state index contributed by atoms with van der Waals surface area (Å²) in [6, 6.07) is 0. The van der Waals surface area contributed by atoms with Gasteiger partial charge in [-0.2, -0.15) is 9.37 Å². The summed E-state index contributed by atoms with van der Waals surface area (Å²) in [5.41, 5.74) is 0. The lowest BCUT2D eigenvalue weighted by Crippen LogP contribution is -1.64. The highest BCUT2D eigenvalue weighted by Gasteiger charge is 1.93. The molecule has 1 rings (SSSR count). The molecule has 0 N–H and O–H groups in total. The molecule has 1 nitrogen and oxygen atoms in total. The van der Waals surface area contributed by atoms with Crippen LogP contribution in [0.5, 0.6) is 0 Å². The molecule has 0 aromatic carbocycles. The van der Waals surface area contributed by atoms with Crippen LogP contribution in [0.2, 0.25) is 4.47 Å². The van der Waals surface area contributed by atoms with E-state index in [-0.39, 0.29) is 4.47 Å². The number of halogens is 2. The Kier molecular flexibility index (Phi) is 1.25. The van der Waals surface area contributed by atoms with Gasteiger partial charge in [0.05, 0.1) is 0 Å². The highest BCUT2D eigenvalue weighted by molar-refractivity contribution is 7.13. The Hall–Kier alpha value is -0.150. The summed E-state index contributed by atoms with van der Waals surface area (Å²) in [7, 11) is 0. The number of thiazole rings is 1. The van der Waals surface area contributed by atoms with Gasteiger partial charge in [-0.3, -0.25) is 0 Å². The third-order valence-corrected chi connectivity index (χ3v) is 1.25. The molecule has 0 saturated carbocycles.